The molecule has 0 atom stereocenters. The van der Waals surface area contributed by atoms with E-state index < -0.39 is 0 Å². The zero-order valence-electron chi connectivity index (χ0n) is 26.1. The summed E-state index contributed by atoms with van der Waals surface area (Å²) in [6.07, 6.45) is 6.40. The predicted octanol–water partition coefficient (Wildman–Crippen LogP) is 13.3. The first-order valence-electron chi connectivity index (χ1n) is 16.9. The van der Waals surface area contributed by atoms with Crippen molar-refractivity contribution in [1.82, 2.24) is 0 Å². The van der Waals surface area contributed by atoms with Gasteiger partial charge in [-0.25, -0.2) is 0 Å². The third kappa shape index (κ3) is 4.12. The summed E-state index contributed by atoms with van der Waals surface area (Å²) in [4.78, 5) is 2.38. The highest BCUT2D eigenvalue weighted by Crippen LogP contribution is 2.48. The van der Waals surface area contributed by atoms with E-state index in [9.17, 15) is 0 Å². The fraction of sp³-hybridized carbons (Fsp3) is 0.136. The molecule has 10 rings (SSSR count). The smallest absolute Gasteiger partial charge is 0.159 e. The van der Waals surface area contributed by atoms with E-state index in [4.69, 9.17) is 8.83 Å². The molecule has 1 fully saturated rings. The van der Waals surface area contributed by atoms with Crippen LogP contribution in [0.5, 0.6) is 0 Å². The van der Waals surface area contributed by atoms with Gasteiger partial charge in [-0.1, -0.05) is 116 Å². The quantitative estimate of drug-likeness (QED) is 0.199. The van der Waals surface area contributed by atoms with Crippen molar-refractivity contribution in [3.63, 3.8) is 0 Å². The molecule has 1 saturated carbocycles. The van der Waals surface area contributed by atoms with Crippen molar-refractivity contribution in [2.24, 2.45) is 0 Å². The SMILES string of the molecule is c1ccc(N(c2cc3c4cc5ccccc5cc4oc3c3ccccc23)c2cccc3c2oc2c(C4CCCCC4)cccc23)cc1. The molecule has 0 bridgehead atoms. The summed E-state index contributed by atoms with van der Waals surface area (Å²) < 4.78 is 13.7. The van der Waals surface area contributed by atoms with Crippen LogP contribution in [0.3, 0.4) is 0 Å². The highest BCUT2D eigenvalue weighted by molar-refractivity contribution is 6.22. The molecule has 2 heterocycles. The van der Waals surface area contributed by atoms with E-state index in [1.54, 1.807) is 0 Å². The first kappa shape index (κ1) is 26.7. The lowest BCUT2D eigenvalue weighted by molar-refractivity contribution is 0.442. The number of hydrogen-bond donors (Lipinski definition) is 0. The van der Waals surface area contributed by atoms with Gasteiger partial charge in [0.05, 0.1) is 11.4 Å². The lowest BCUT2D eigenvalue weighted by atomic mass is 9.83. The zero-order valence-corrected chi connectivity index (χ0v) is 26.1. The Labute approximate surface area is 272 Å². The molecular weight excluding hydrogens is 574 g/mol. The number of nitrogens with zero attached hydrogens (tertiary/aromatic N) is 1. The summed E-state index contributed by atoms with van der Waals surface area (Å²) in [5.41, 5.74) is 8.35. The highest BCUT2D eigenvalue weighted by Gasteiger charge is 2.25. The second kappa shape index (κ2) is 10.5. The Balaban J connectivity index is 1.28. The standard InChI is InChI=1S/C44H33NO2/c1-3-13-28(14-4-1)32-21-11-22-35-36-23-12-24-39(44(36)47-42(32)35)45(31-17-5-2-6-18-31)40-27-38-37-25-29-15-7-8-16-30(29)26-41(37)46-43(38)34-20-10-9-19-33(34)40/h2,5-12,15-28H,1,3-4,13-14H2. The molecule has 226 valence electrons. The summed E-state index contributed by atoms with van der Waals surface area (Å²) in [5.74, 6) is 0.554. The Morgan fingerprint density at radius 3 is 1.94 bits per heavy atom. The molecule has 0 N–H and O–H groups in total. The lowest BCUT2D eigenvalue weighted by Crippen LogP contribution is -2.10. The maximum atomic E-state index is 7.03. The number of fused-ring (bicyclic) bond motifs is 9. The van der Waals surface area contributed by atoms with Crippen molar-refractivity contribution < 1.29 is 8.83 Å². The van der Waals surface area contributed by atoms with Crippen LogP contribution in [0, 0.1) is 0 Å². The van der Waals surface area contributed by atoms with Crippen LogP contribution in [0.1, 0.15) is 43.6 Å². The largest absolute Gasteiger partial charge is 0.455 e. The van der Waals surface area contributed by atoms with Crippen molar-refractivity contribution in [2.75, 3.05) is 4.90 Å². The molecule has 0 radical (unpaired) electrons. The number of anilines is 3. The normalized spacial score (nSPS) is 14.3. The minimum Gasteiger partial charge on any atom is -0.455 e. The highest BCUT2D eigenvalue weighted by atomic mass is 16.3. The van der Waals surface area contributed by atoms with Crippen LogP contribution in [-0.2, 0) is 0 Å². The van der Waals surface area contributed by atoms with Gasteiger partial charge in [-0.15, -0.1) is 0 Å². The van der Waals surface area contributed by atoms with Crippen LogP contribution >= 0.6 is 0 Å². The minimum atomic E-state index is 0.554. The summed E-state index contributed by atoms with van der Waals surface area (Å²) in [6, 6.07) is 47.9. The van der Waals surface area contributed by atoms with E-state index in [2.05, 4.69) is 138 Å². The molecule has 2 aromatic heterocycles. The maximum absolute atomic E-state index is 7.03. The monoisotopic (exact) mass is 607 g/mol. The molecule has 47 heavy (non-hydrogen) atoms. The fourth-order valence-electron chi connectivity index (χ4n) is 8.17. The van der Waals surface area contributed by atoms with Crippen LogP contribution in [0.25, 0.3) is 65.4 Å². The van der Waals surface area contributed by atoms with Gasteiger partial charge in [-0.3, -0.25) is 0 Å². The molecular formula is C44H33NO2. The Morgan fingerprint density at radius 2 is 1.11 bits per heavy atom. The average molecular weight is 608 g/mol. The summed E-state index contributed by atoms with van der Waals surface area (Å²) >= 11 is 0. The van der Waals surface area contributed by atoms with E-state index in [0.29, 0.717) is 5.92 Å². The van der Waals surface area contributed by atoms with E-state index in [1.165, 1.54) is 53.8 Å². The average Bonchev–Trinajstić information content (AvgIpc) is 3.70. The topological polar surface area (TPSA) is 29.5 Å². The van der Waals surface area contributed by atoms with E-state index >= 15 is 0 Å². The Hall–Kier alpha value is -5.54. The van der Waals surface area contributed by atoms with Gasteiger partial charge in [0.15, 0.2) is 5.58 Å². The second-order valence-corrected chi connectivity index (χ2v) is 13.1. The van der Waals surface area contributed by atoms with Crippen molar-refractivity contribution in [3.05, 3.63) is 139 Å². The number of para-hydroxylation sites is 3. The van der Waals surface area contributed by atoms with Gasteiger partial charge in [0.25, 0.3) is 0 Å². The maximum Gasteiger partial charge on any atom is 0.159 e. The van der Waals surface area contributed by atoms with Crippen LogP contribution in [0.2, 0.25) is 0 Å². The first-order valence-corrected chi connectivity index (χ1v) is 16.9. The fourth-order valence-corrected chi connectivity index (χ4v) is 8.17. The molecule has 7 aromatic carbocycles. The van der Waals surface area contributed by atoms with Crippen LogP contribution in [0.4, 0.5) is 17.1 Å². The van der Waals surface area contributed by atoms with Crippen molar-refractivity contribution in [2.45, 2.75) is 38.0 Å². The minimum absolute atomic E-state index is 0.554. The van der Waals surface area contributed by atoms with Crippen LogP contribution in [0.15, 0.2) is 142 Å². The summed E-state index contributed by atoms with van der Waals surface area (Å²) in [5, 5.41) is 9.19. The predicted molar refractivity (Wildman–Crippen MR) is 197 cm³/mol. The Bertz CT molecular complexity index is 2620. The number of hydrogen-bond acceptors (Lipinski definition) is 3. The van der Waals surface area contributed by atoms with Crippen LogP contribution < -0.4 is 4.90 Å². The van der Waals surface area contributed by atoms with Crippen molar-refractivity contribution in [3.8, 4) is 0 Å². The number of benzene rings is 7. The number of furan rings is 2. The van der Waals surface area contributed by atoms with Gasteiger partial charge in [0.1, 0.15) is 16.7 Å². The molecule has 3 heteroatoms. The van der Waals surface area contributed by atoms with Gasteiger partial charge in [-0.2, -0.15) is 0 Å². The molecule has 9 aromatic rings. The van der Waals surface area contributed by atoms with Crippen molar-refractivity contribution >= 4 is 82.5 Å². The molecule has 0 amide bonds. The molecule has 0 saturated heterocycles. The molecule has 3 nitrogen and oxygen atoms in total. The molecule has 0 spiro atoms. The van der Waals surface area contributed by atoms with Gasteiger partial charge >= 0.3 is 0 Å². The molecule has 1 aliphatic rings. The van der Waals surface area contributed by atoms with E-state index in [0.717, 1.165) is 66.3 Å². The Kier molecular flexibility index (Phi) is 5.95. The first-order chi connectivity index (χ1) is 23.3. The molecule has 1 aliphatic carbocycles. The number of rotatable bonds is 4. The van der Waals surface area contributed by atoms with E-state index in [-0.39, 0.29) is 0 Å². The van der Waals surface area contributed by atoms with Gasteiger partial charge < -0.3 is 13.7 Å². The third-order valence-corrected chi connectivity index (χ3v) is 10.4. The van der Waals surface area contributed by atoms with Crippen LogP contribution in [-0.4, -0.2) is 0 Å². The van der Waals surface area contributed by atoms with Gasteiger partial charge in [-0.05, 0) is 71.5 Å². The second-order valence-electron chi connectivity index (χ2n) is 13.1. The van der Waals surface area contributed by atoms with Gasteiger partial charge in [0, 0.05) is 38.0 Å². The summed E-state index contributed by atoms with van der Waals surface area (Å²) in [7, 11) is 0. The van der Waals surface area contributed by atoms with Crippen molar-refractivity contribution in [1.29, 1.82) is 0 Å². The lowest BCUT2D eigenvalue weighted by Gasteiger charge is -2.27. The Morgan fingerprint density at radius 1 is 0.447 bits per heavy atom. The summed E-state index contributed by atoms with van der Waals surface area (Å²) in [6.45, 7) is 0. The molecule has 0 aliphatic heterocycles. The van der Waals surface area contributed by atoms with Gasteiger partial charge in [0.2, 0.25) is 0 Å². The molecule has 0 unspecified atom stereocenters. The van der Waals surface area contributed by atoms with E-state index in [1.807, 2.05) is 0 Å². The third-order valence-electron chi connectivity index (χ3n) is 10.4. The zero-order chi connectivity index (χ0) is 30.9.